The lowest BCUT2D eigenvalue weighted by Crippen LogP contribution is -2.11. The Balaban J connectivity index is 2.11. The Bertz CT molecular complexity index is 401. The summed E-state index contributed by atoms with van der Waals surface area (Å²) in [5.41, 5.74) is 0.792. The van der Waals surface area contributed by atoms with Gasteiger partial charge in [-0.1, -0.05) is 24.8 Å². The molecule has 0 heterocycles. The van der Waals surface area contributed by atoms with E-state index in [1.54, 1.807) is 0 Å². The Morgan fingerprint density at radius 3 is 2.61 bits per heavy atom. The Kier molecular flexibility index (Phi) is 6.25. The van der Waals surface area contributed by atoms with Gasteiger partial charge in [0.1, 0.15) is 0 Å². The van der Waals surface area contributed by atoms with E-state index >= 15 is 0 Å². The molecule has 1 amide bonds. The number of para-hydroxylation sites is 1. The predicted molar refractivity (Wildman–Crippen MR) is 70.1 cm³/mol. The highest BCUT2D eigenvalue weighted by Gasteiger charge is 2.02. The van der Waals surface area contributed by atoms with Crippen LogP contribution in [0.2, 0.25) is 0 Å². The van der Waals surface area contributed by atoms with Crippen molar-refractivity contribution < 1.29 is 14.3 Å². The summed E-state index contributed by atoms with van der Waals surface area (Å²) in [5, 5.41) is 2.79. The monoisotopic (exact) mass is 247 g/mol. The molecule has 0 aliphatic rings. The Morgan fingerprint density at radius 2 is 1.94 bits per heavy atom. The molecule has 1 aromatic carbocycles. The quantitative estimate of drug-likeness (QED) is 0.457. The number of hydrogen-bond donors (Lipinski definition) is 1. The first kappa shape index (κ1) is 14.0. The number of anilines is 1. The van der Waals surface area contributed by atoms with E-state index in [0.717, 1.165) is 11.8 Å². The number of amides is 1. The van der Waals surface area contributed by atoms with Crippen LogP contribution in [0.25, 0.3) is 0 Å². The number of hydrogen-bond acceptors (Lipinski definition) is 3. The van der Waals surface area contributed by atoms with Crippen LogP contribution in [0.15, 0.2) is 43.0 Å². The zero-order valence-corrected chi connectivity index (χ0v) is 10.2. The zero-order chi connectivity index (χ0) is 13.2. The van der Waals surface area contributed by atoms with Gasteiger partial charge in [-0.3, -0.25) is 4.79 Å². The molecular weight excluding hydrogens is 230 g/mol. The maximum Gasteiger partial charge on any atom is 0.330 e. The van der Waals surface area contributed by atoms with Gasteiger partial charge < -0.3 is 10.1 Å². The summed E-state index contributed by atoms with van der Waals surface area (Å²) in [6, 6.07) is 9.30. The average molecular weight is 247 g/mol. The molecule has 0 aromatic heterocycles. The van der Waals surface area contributed by atoms with Gasteiger partial charge in [-0.05, 0) is 25.0 Å². The van der Waals surface area contributed by atoms with E-state index in [2.05, 4.69) is 11.9 Å². The van der Waals surface area contributed by atoms with Crippen LogP contribution in [0.3, 0.4) is 0 Å². The molecule has 18 heavy (non-hydrogen) atoms. The largest absolute Gasteiger partial charge is 0.463 e. The van der Waals surface area contributed by atoms with Crippen LogP contribution < -0.4 is 5.32 Å². The van der Waals surface area contributed by atoms with Crippen molar-refractivity contribution in [1.82, 2.24) is 0 Å². The zero-order valence-electron chi connectivity index (χ0n) is 10.2. The molecule has 4 heteroatoms. The molecule has 0 aliphatic heterocycles. The van der Waals surface area contributed by atoms with Crippen LogP contribution >= 0.6 is 0 Å². The van der Waals surface area contributed by atoms with Gasteiger partial charge in [0.25, 0.3) is 0 Å². The van der Waals surface area contributed by atoms with Crippen molar-refractivity contribution >= 4 is 17.6 Å². The summed E-state index contributed by atoms with van der Waals surface area (Å²) in [5.74, 6) is -0.458. The van der Waals surface area contributed by atoms with Crippen molar-refractivity contribution in [3.8, 4) is 0 Å². The standard InChI is InChI=1S/C14H17NO3/c1-2-14(17)18-11-7-6-10-13(16)15-12-8-4-3-5-9-12/h2-5,8-9H,1,6-7,10-11H2,(H,15,16). The number of carbonyl (C=O) groups excluding carboxylic acids is 2. The maximum absolute atomic E-state index is 11.5. The summed E-state index contributed by atoms with van der Waals surface area (Å²) < 4.78 is 4.80. The van der Waals surface area contributed by atoms with Crippen molar-refractivity contribution in [1.29, 1.82) is 0 Å². The topological polar surface area (TPSA) is 55.4 Å². The van der Waals surface area contributed by atoms with Gasteiger partial charge in [0.05, 0.1) is 6.61 Å². The van der Waals surface area contributed by atoms with Gasteiger partial charge in [0.15, 0.2) is 0 Å². The summed E-state index contributed by atoms with van der Waals surface area (Å²) in [4.78, 5) is 22.3. The van der Waals surface area contributed by atoms with Crippen LogP contribution in [0.5, 0.6) is 0 Å². The van der Waals surface area contributed by atoms with Gasteiger partial charge in [0, 0.05) is 18.2 Å². The number of rotatable bonds is 7. The number of nitrogens with one attached hydrogen (secondary N) is 1. The first-order valence-electron chi connectivity index (χ1n) is 5.86. The molecule has 0 saturated carbocycles. The summed E-state index contributed by atoms with van der Waals surface area (Å²) in [7, 11) is 0. The number of esters is 1. The molecule has 96 valence electrons. The second-order valence-corrected chi connectivity index (χ2v) is 3.74. The molecule has 0 bridgehead atoms. The van der Waals surface area contributed by atoms with E-state index in [0.29, 0.717) is 25.9 Å². The van der Waals surface area contributed by atoms with Crippen molar-refractivity contribution in [2.75, 3.05) is 11.9 Å². The van der Waals surface area contributed by atoms with E-state index in [-0.39, 0.29) is 5.91 Å². The molecule has 0 unspecified atom stereocenters. The molecule has 1 rings (SSSR count). The highest BCUT2D eigenvalue weighted by atomic mass is 16.5. The summed E-state index contributed by atoms with van der Waals surface area (Å²) in [6.07, 6.45) is 2.90. The van der Waals surface area contributed by atoms with Crippen molar-refractivity contribution in [2.24, 2.45) is 0 Å². The highest BCUT2D eigenvalue weighted by molar-refractivity contribution is 5.90. The van der Waals surface area contributed by atoms with Crippen LogP contribution in [0.4, 0.5) is 5.69 Å². The van der Waals surface area contributed by atoms with Crippen LogP contribution in [0.1, 0.15) is 19.3 Å². The first-order chi connectivity index (χ1) is 8.72. The normalized spacial score (nSPS) is 9.56. The lowest BCUT2D eigenvalue weighted by Gasteiger charge is -2.05. The summed E-state index contributed by atoms with van der Waals surface area (Å²) >= 11 is 0. The third-order valence-electron chi connectivity index (χ3n) is 2.27. The Hall–Kier alpha value is -2.10. The second-order valence-electron chi connectivity index (χ2n) is 3.74. The number of carbonyl (C=O) groups is 2. The molecule has 1 N–H and O–H groups in total. The maximum atomic E-state index is 11.5. The number of benzene rings is 1. The van der Waals surface area contributed by atoms with Gasteiger partial charge in [-0.2, -0.15) is 0 Å². The average Bonchev–Trinajstić information content (AvgIpc) is 2.39. The van der Waals surface area contributed by atoms with E-state index in [9.17, 15) is 9.59 Å². The second kappa shape index (κ2) is 8.06. The molecule has 1 aromatic rings. The Morgan fingerprint density at radius 1 is 1.22 bits per heavy atom. The third-order valence-corrected chi connectivity index (χ3v) is 2.27. The van der Waals surface area contributed by atoms with E-state index in [1.807, 2.05) is 30.3 Å². The lowest BCUT2D eigenvalue weighted by molar-refractivity contribution is -0.137. The summed E-state index contributed by atoms with van der Waals surface area (Å²) in [6.45, 7) is 3.62. The van der Waals surface area contributed by atoms with Gasteiger partial charge in [-0.25, -0.2) is 4.79 Å². The molecule has 0 saturated heterocycles. The minimum Gasteiger partial charge on any atom is -0.463 e. The fourth-order valence-corrected chi connectivity index (χ4v) is 1.36. The molecule has 4 nitrogen and oxygen atoms in total. The third kappa shape index (κ3) is 5.84. The Labute approximate surface area is 107 Å². The molecule has 0 radical (unpaired) electrons. The SMILES string of the molecule is C=CC(=O)OCCCCC(=O)Nc1ccccc1. The van der Waals surface area contributed by atoms with Gasteiger partial charge >= 0.3 is 5.97 Å². The van der Waals surface area contributed by atoms with Crippen molar-refractivity contribution in [3.05, 3.63) is 43.0 Å². The van der Waals surface area contributed by atoms with Crippen LogP contribution in [-0.4, -0.2) is 18.5 Å². The molecule has 0 fully saturated rings. The van der Waals surface area contributed by atoms with Crippen LogP contribution in [0, 0.1) is 0 Å². The number of unbranched alkanes of at least 4 members (excludes halogenated alkanes) is 1. The fourth-order valence-electron chi connectivity index (χ4n) is 1.36. The molecular formula is C14H17NO3. The van der Waals surface area contributed by atoms with Crippen molar-refractivity contribution in [3.63, 3.8) is 0 Å². The molecule has 0 spiro atoms. The van der Waals surface area contributed by atoms with Crippen molar-refractivity contribution in [2.45, 2.75) is 19.3 Å². The number of ether oxygens (including phenoxy) is 1. The van der Waals surface area contributed by atoms with Gasteiger partial charge in [-0.15, -0.1) is 0 Å². The highest BCUT2D eigenvalue weighted by Crippen LogP contribution is 2.06. The van der Waals surface area contributed by atoms with E-state index in [4.69, 9.17) is 4.74 Å². The van der Waals surface area contributed by atoms with Crippen LogP contribution in [-0.2, 0) is 14.3 Å². The lowest BCUT2D eigenvalue weighted by atomic mass is 10.2. The fraction of sp³-hybridized carbons (Fsp3) is 0.286. The molecule has 0 aliphatic carbocycles. The minimum absolute atomic E-state index is 0.0313. The predicted octanol–water partition coefficient (Wildman–Crippen LogP) is 2.52. The first-order valence-corrected chi connectivity index (χ1v) is 5.86. The smallest absolute Gasteiger partial charge is 0.330 e. The van der Waals surface area contributed by atoms with E-state index < -0.39 is 5.97 Å². The van der Waals surface area contributed by atoms with Gasteiger partial charge in [0.2, 0.25) is 5.91 Å². The van der Waals surface area contributed by atoms with E-state index in [1.165, 1.54) is 0 Å². The minimum atomic E-state index is -0.427. The molecule has 0 atom stereocenters.